The van der Waals surface area contributed by atoms with Gasteiger partial charge in [-0.05, 0) is 35.4 Å². The zero-order valence-corrected chi connectivity index (χ0v) is 16.1. The van der Waals surface area contributed by atoms with Crippen LogP contribution in [0.25, 0.3) is 21.0 Å². The second kappa shape index (κ2) is 7.47. The number of hydrogen-bond donors (Lipinski definition) is 0. The van der Waals surface area contributed by atoms with Gasteiger partial charge in [-0.25, -0.2) is 0 Å². The van der Waals surface area contributed by atoms with E-state index < -0.39 is 0 Å². The maximum absolute atomic E-state index is 13.0. The van der Waals surface area contributed by atoms with Gasteiger partial charge < -0.3 is 9.30 Å². The van der Waals surface area contributed by atoms with Crippen molar-refractivity contribution in [3.63, 3.8) is 0 Å². The Hall–Kier alpha value is -2.76. The molecule has 4 aromatic rings. The molecule has 0 saturated carbocycles. The lowest BCUT2D eigenvalue weighted by atomic mass is 10.0. The lowest BCUT2D eigenvalue weighted by Crippen LogP contribution is -2.19. The molecule has 1 aromatic heterocycles. The topological polar surface area (TPSA) is 43.6 Å². The highest BCUT2D eigenvalue weighted by molar-refractivity contribution is 7.16. The van der Waals surface area contributed by atoms with E-state index in [4.69, 9.17) is 4.74 Å². The summed E-state index contributed by atoms with van der Waals surface area (Å²) in [7, 11) is 1.68. The number of para-hydroxylation sites is 1. The number of amides is 1. The first kappa shape index (κ1) is 17.6. The Balaban J connectivity index is 1.89. The maximum atomic E-state index is 13.0. The van der Waals surface area contributed by atoms with Crippen LogP contribution in [0.4, 0.5) is 0 Å². The molecule has 27 heavy (non-hydrogen) atoms. The molecule has 0 bridgehead atoms. The predicted octanol–water partition coefficient (Wildman–Crippen LogP) is 4.55. The molecule has 0 radical (unpaired) electrons. The van der Waals surface area contributed by atoms with Gasteiger partial charge in [-0.1, -0.05) is 59.9 Å². The number of nitrogens with zero attached hydrogens (tertiary/aromatic N) is 2. The number of ether oxygens (including phenoxy) is 1. The molecule has 3 aromatic carbocycles. The third-order valence-electron chi connectivity index (χ3n) is 4.64. The average molecular weight is 376 g/mol. The lowest BCUT2D eigenvalue weighted by Gasteiger charge is -2.06. The van der Waals surface area contributed by atoms with Crippen molar-refractivity contribution in [2.45, 2.75) is 13.5 Å². The smallest absolute Gasteiger partial charge is 0.280 e. The second-order valence-corrected chi connectivity index (χ2v) is 7.40. The number of carbonyl (C=O) groups excluding carboxylic acids is 1. The fourth-order valence-electron chi connectivity index (χ4n) is 3.34. The molecule has 0 unspecified atom stereocenters. The van der Waals surface area contributed by atoms with Crippen molar-refractivity contribution in [3.8, 4) is 0 Å². The summed E-state index contributed by atoms with van der Waals surface area (Å²) in [5.74, 6) is -0.220. The molecule has 1 heterocycles. The zero-order chi connectivity index (χ0) is 18.8. The van der Waals surface area contributed by atoms with Crippen LogP contribution in [0, 0.1) is 6.92 Å². The molecule has 1 amide bonds. The van der Waals surface area contributed by atoms with Gasteiger partial charge in [-0.3, -0.25) is 4.79 Å². The number of aryl methyl sites for hydroxylation is 1. The van der Waals surface area contributed by atoms with Gasteiger partial charge in [0.2, 0.25) is 0 Å². The molecule has 4 rings (SSSR count). The summed E-state index contributed by atoms with van der Waals surface area (Å²) in [6.45, 7) is 3.30. The van der Waals surface area contributed by atoms with Gasteiger partial charge in [0.1, 0.15) is 0 Å². The van der Waals surface area contributed by atoms with Crippen LogP contribution in [0.5, 0.6) is 0 Å². The Morgan fingerprint density at radius 1 is 1.07 bits per heavy atom. The minimum atomic E-state index is -0.220. The van der Waals surface area contributed by atoms with E-state index in [9.17, 15) is 4.79 Å². The van der Waals surface area contributed by atoms with Gasteiger partial charge in [0.15, 0.2) is 4.80 Å². The first-order valence-electron chi connectivity index (χ1n) is 8.84. The van der Waals surface area contributed by atoms with E-state index >= 15 is 0 Å². The van der Waals surface area contributed by atoms with Gasteiger partial charge >= 0.3 is 0 Å². The van der Waals surface area contributed by atoms with Crippen LogP contribution in [0.2, 0.25) is 0 Å². The monoisotopic (exact) mass is 376 g/mol. The number of methoxy groups -OCH3 is 1. The molecule has 4 nitrogen and oxygen atoms in total. The second-order valence-electron chi connectivity index (χ2n) is 6.39. The predicted molar refractivity (Wildman–Crippen MR) is 110 cm³/mol. The van der Waals surface area contributed by atoms with Crippen LogP contribution in [0.3, 0.4) is 0 Å². The lowest BCUT2D eigenvalue weighted by molar-refractivity contribution is 0.0999. The summed E-state index contributed by atoms with van der Waals surface area (Å²) >= 11 is 1.54. The number of rotatable bonds is 4. The molecule has 0 aliphatic rings. The number of fused-ring (bicyclic) bond motifs is 2. The van der Waals surface area contributed by atoms with E-state index in [0.29, 0.717) is 23.5 Å². The van der Waals surface area contributed by atoms with Gasteiger partial charge in [-0.2, -0.15) is 4.99 Å². The summed E-state index contributed by atoms with van der Waals surface area (Å²) < 4.78 is 8.47. The average Bonchev–Trinajstić information content (AvgIpc) is 3.04. The Morgan fingerprint density at radius 2 is 1.85 bits per heavy atom. The Morgan fingerprint density at radius 3 is 2.70 bits per heavy atom. The first-order chi connectivity index (χ1) is 13.2. The summed E-state index contributed by atoms with van der Waals surface area (Å²) in [6.07, 6.45) is 0. The number of hydrogen-bond acceptors (Lipinski definition) is 3. The van der Waals surface area contributed by atoms with Crippen molar-refractivity contribution < 1.29 is 9.53 Å². The number of carbonyl (C=O) groups is 1. The fraction of sp³-hybridized carbons (Fsp3) is 0.182. The Labute approximate surface area is 161 Å². The van der Waals surface area contributed by atoms with E-state index in [1.807, 2.05) is 48.5 Å². The van der Waals surface area contributed by atoms with E-state index in [1.54, 1.807) is 7.11 Å². The SMILES string of the molecule is COCCn1c(=NC(=O)c2cccc3ccccc23)sc2cccc(C)c21. The summed E-state index contributed by atoms with van der Waals surface area (Å²) in [5, 5.41) is 1.97. The van der Waals surface area contributed by atoms with Crippen molar-refractivity contribution in [1.82, 2.24) is 4.57 Å². The van der Waals surface area contributed by atoms with E-state index in [1.165, 1.54) is 16.9 Å². The van der Waals surface area contributed by atoms with Crippen molar-refractivity contribution in [2.75, 3.05) is 13.7 Å². The minimum Gasteiger partial charge on any atom is -0.383 e. The normalized spacial score (nSPS) is 12.1. The highest BCUT2D eigenvalue weighted by Crippen LogP contribution is 2.22. The van der Waals surface area contributed by atoms with Gasteiger partial charge in [0, 0.05) is 19.2 Å². The first-order valence-corrected chi connectivity index (χ1v) is 9.65. The van der Waals surface area contributed by atoms with E-state index in [0.717, 1.165) is 21.0 Å². The number of aromatic nitrogens is 1. The third-order valence-corrected chi connectivity index (χ3v) is 5.68. The van der Waals surface area contributed by atoms with Crippen LogP contribution in [0.15, 0.2) is 65.7 Å². The van der Waals surface area contributed by atoms with Crippen molar-refractivity contribution in [2.24, 2.45) is 4.99 Å². The van der Waals surface area contributed by atoms with Gasteiger partial charge in [-0.15, -0.1) is 0 Å². The Bertz CT molecular complexity index is 1200. The third kappa shape index (κ3) is 3.31. The molecule has 5 heteroatoms. The van der Waals surface area contributed by atoms with Gasteiger partial charge in [0.25, 0.3) is 5.91 Å². The minimum absolute atomic E-state index is 0.220. The van der Waals surface area contributed by atoms with Crippen molar-refractivity contribution in [1.29, 1.82) is 0 Å². The maximum Gasteiger partial charge on any atom is 0.280 e. The highest BCUT2D eigenvalue weighted by Gasteiger charge is 2.12. The summed E-state index contributed by atoms with van der Waals surface area (Å²) in [4.78, 5) is 18.2. The molecular formula is C22H20N2O2S. The molecule has 0 fully saturated rings. The van der Waals surface area contributed by atoms with Crippen LogP contribution in [0.1, 0.15) is 15.9 Å². The van der Waals surface area contributed by atoms with Gasteiger partial charge in [0.05, 0.1) is 16.8 Å². The van der Waals surface area contributed by atoms with E-state index in [-0.39, 0.29) is 5.91 Å². The molecule has 136 valence electrons. The van der Waals surface area contributed by atoms with Crippen LogP contribution in [-0.4, -0.2) is 24.2 Å². The molecule has 0 atom stereocenters. The summed E-state index contributed by atoms with van der Waals surface area (Å²) in [5.41, 5.74) is 2.91. The zero-order valence-electron chi connectivity index (χ0n) is 15.3. The van der Waals surface area contributed by atoms with Crippen LogP contribution in [-0.2, 0) is 11.3 Å². The quantitative estimate of drug-likeness (QED) is 0.524. The molecule has 0 N–H and O–H groups in total. The number of thiazole rings is 1. The highest BCUT2D eigenvalue weighted by atomic mass is 32.1. The van der Waals surface area contributed by atoms with Crippen LogP contribution < -0.4 is 4.80 Å². The Kier molecular flexibility index (Phi) is 4.88. The fourth-order valence-corrected chi connectivity index (χ4v) is 4.47. The summed E-state index contributed by atoms with van der Waals surface area (Å²) in [6, 6.07) is 19.8. The molecule has 0 spiro atoms. The number of benzene rings is 3. The molecule has 0 saturated heterocycles. The standard InChI is InChI=1S/C22H20N2O2S/c1-15-7-5-12-19-20(15)24(13-14-26-2)22(27-19)23-21(25)18-11-6-9-16-8-3-4-10-17(16)18/h3-12H,13-14H2,1-2H3. The van der Waals surface area contributed by atoms with Crippen molar-refractivity contribution in [3.05, 3.63) is 76.6 Å². The molecular weight excluding hydrogens is 356 g/mol. The largest absolute Gasteiger partial charge is 0.383 e. The van der Waals surface area contributed by atoms with E-state index in [2.05, 4.69) is 28.6 Å². The molecule has 0 aliphatic carbocycles. The van der Waals surface area contributed by atoms with Crippen molar-refractivity contribution >= 4 is 38.2 Å². The molecule has 0 aliphatic heterocycles. The van der Waals surface area contributed by atoms with Crippen LogP contribution >= 0.6 is 11.3 Å².